The number of aliphatic hydroxyl groups is 1. The van der Waals surface area contributed by atoms with E-state index in [1.54, 1.807) is 38.1 Å². The van der Waals surface area contributed by atoms with Gasteiger partial charge in [-0.25, -0.2) is 0 Å². The molecule has 0 bridgehead atoms. The highest BCUT2D eigenvalue weighted by Crippen LogP contribution is 2.18. The summed E-state index contributed by atoms with van der Waals surface area (Å²) in [4.78, 5) is 0. The Kier molecular flexibility index (Phi) is 5.76. The van der Waals surface area contributed by atoms with E-state index in [1.165, 1.54) is 11.4 Å². The van der Waals surface area contributed by atoms with E-state index in [0.29, 0.717) is 10.6 Å². The first-order valence-electron chi connectivity index (χ1n) is 5.89. The van der Waals surface area contributed by atoms with Gasteiger partial charge < -0.3 is 5.11 Å². The van der Waals surface area contributed by atoms with Gasteiger partial charge in [0.2, 0.25) is 0 Å². The molecule has 0 fully saturated rings. The van der Waals surface area contributed by atoms with Crippen molar-refractivity contribution < 1.29 is 13.5 Å². The number of aliphatic hydroxyl groups excluding tert-OH is 1. The number of halogens is 1. The van der Waals surface area contributed by atoms with Gasteiger partial charge in [0.1, 0.15) is 0 Å². The SMILES string of the molecule is CC(C)N(C)S(=O)(=O)NC(CO)c1ccc(Cl)cc1. The topological polar surface area (TPSA) is 69.6 Å². The Balaban J connectivity index is 2.91. The summed E-state index contributed by atoms with van der Waals surface area (Å²) in [5.41, 5.74) is 0.660. The lowest BCUT2D eigenvalue weighted by Crippen LogP contribution is -2.44. The average Bonchev–Trinajstić information content (AvgIpc) is 2.36. The summed E-state index contributed by atoms with van der Waals surface area (Å²) >= 11 is 5.78. The van der Waals surface area contributed by atoms with Crippen LogP contribution in [0.3, 0.4) is 0 Å². The van der Waals surface area contributed by atoms with Crippen LogP contribution in [-0.4, -0.2) is 37.5 Å². The summed E-state index contributed by atoms with van der Waals surface area (Å²) in [5, 5.41) is 9.91. The highest BCUT2D eigenvalue weighted by molar-refractivity contribution is 7.87. The van der Waals surface area contributed by atoms with Gasteiger partial charge in [-0.15, -0.1) is 0 Å². The van der Waals surface area contributed by atoms with Crippen LogP contribution < -0.4 is 4.72 Å². The van der Waals surface area contributed by atoms with E-state index in [-0.39, 0.29) is 12.6 Å². The first-order chi connectivity index (χ1) is 8.77. The summed E-state index contributed by atoms with van der Waals surface area (Å²) in [5.74, 6) is 0. The van der Waals surface area contributed by atoms with Crippen molar-refractivity contribution in [1.82, 2.24) is 9.03 Å². The molecule has 0 heterocycles. The molecule has 2 N–H and O–H groups in total. The van der Waals surface area contributed by atoms with E-state index in [1.807, 2.05) is 0 Å². The molecule has 19 heavy (non-hydrogen) atoms. The van der Waals surface area contributed by atoms with Gasteiger partial charge in [-0.05, 0) is 31.5 Å². The highest BCUT2D eigenvalue weighted by Gasteiger charge is 2.24. The second kappa shape index (κ2) is 6.67. The molecular formula is C12H19ClN2O3S. The largest absolute Gasteiger partial charge is 0.394 e. The van der Waals surface area contributed by atoms with Gasteiger partial charge in [0, 0.05) is 18.1 Å². The third kappa shape index (κ3) is 4.43. The highest BCUT2D eigenvalue weighted by atomic mass is 35.5. The molecule has 0 aliphatic carbocycles. The summed E-state index contributed by atoms with van der Waals surface area (Å²) in [6.45, 7) is 3.22. The van der Waals surface area contributed by atoms with Crippen molar-refractivity contribution in [2.75, 3.05) is 13.7 Å². The van der Waals surface area contributed by atoms with Crippen molar-refractivity contribution in [1.29, 1.82) is 0 Å². The average molecular weight is 307 g/mol. The van der Waals surface area contributed by atoms with Crippen LogP contribution in [0.25, 0.3) is 0 Å². The molecule has 0 aromatic heterocycles. The summed E-state index contributed by atoms with van der Waals surface area (Å²) in [6.07, 6.45) is 0. The molecule has 0 radical (unpaired) electrons. The van der Waals surface area contributed by atoms with E-state index >= 15 is 0 Å². The van der Waals surface area contributed by atoms with Crippen LogP contribution in [0.4, 0.5) is 0 Å². The van der Waals surface area contributed by atoms with Crippen molar-refractivity contribution in [2.24, 2.45) is 0 Å². The maximum absolute atomic E-state index is 12.1. The van der Waals surface area contributed by atoms with Gasteiger partial charge >= 0.3 is 0 Å². The van der Waals surface area contributed by atoms with Crippen molar-refractivity contribution >= 4 is 21.8 Å². The monoisotopic (exact) mass is 306 g/mol. The number of rotatable bonds is 6. The predicted octanol–water partition coefficient (Wildman–Crippen LogP) is 1.55. The quantitative estimate of drug-likeness (QED) is 0.838. The van der Waals surface area contributed by atoms with Crippen molar-refractivity contribution in [3.05, 3.63) is 34.9 Å². The molecule has 1 unspecified atom stereocenters. The van der Waals surface area contributed by atoms with E-state index in [0.717, 1.165) is 0 Å². The van der Waals surface area contributed by atoms with Crippen LogP contribution in [0.2, 0.25) is 5.02 Å². The Morgan fingerprint density at radius 2 is 1.84 bits per heavy atom. The maximum Gasteiger partial charge on any atom is 0.280 e. The van der Waals surface area contributed by atoms with Gasteiger partial charge in [-0.2, -0.15) is 17.4 Å². The van der Waals surface area contributed by atoms with E-state index < -0.39 is 16.3 Å². The number of hydrogen-bond acceptors (Lipinski definition) is 3. The molecule has 1 atom stereocenters. The van der Waals surface area contributed by atoms with Crippen molar-refractivity contribution in [3.63, 3.8) is 0 Å². The van der Waals surface area contributed by atoms with Gasteiger partial charge in [-0.3, -0.25) is 0 Å². The Morgan fingerprint density at radius 1 is 1.32 bits per heavy atom. The second-order valence-electron chi connectivity index (χ2n) is 4.52. The summed E-state index contributed by atoms with van der Waals surface area (Å²) in [6, 6.07) is 5.81. The van der Waals surface area contributed by atoms with Crippen LogP contribution in [0, 0.1) is 0 Å². The first-order valence-corrected chi connectivity index (χ1v) is 7.71. The third-order valence-corrected chi connectivity index (χ3v) is 4.87. The Hall–Kier alpha value is -0.660. The molecule has 108 valence electrons. The van der Waals surface area contributed by atoms with Gasteiger partial charge in [-0.1, -0.05) is 23.7 Å². The van der Waals surface area contributed by atoms with Crippen molar-refractivity contribution in [2.45, 2.75) is 25.9 Å². The van der Waals surface area contributed by atoms with Crippen LogP contribution in [0.5, 0.6) is 0 Å². The zero-order valence-electron chi connectivity index (χ0n) is 11.2. The zero-order valence-corrected chi connectivity index (χ0v) is 12.7. The fourth-order valence-corrected chi connectivity index (χ4v) is 2.86. The molecule has 0 amide bonds. The van der Waals surface area contributed by atoms with Crippen molar-refractivity contribution in [3.8, 4) is 0 Å². The van der Waals surface area contributed by atoms with Gasteiger partial charge in [0.15, 0.2) is 0 Å². The third-order valence-electron chi connectivity index (χ3n) is 2.85. The molecule has 1 aromatic rings. The zero-order chi connectivity index (χ0) is 14.6. The standard InChI is InChI=1S/C12H19ClN2O3S/c1-9(2)15(3)19(17,18)14-12(8-16)10-4-6-11(13)7-5-10/h4-7,9,12,14,16H,8H2,1-3H3. The molecule has 1 aromatic carbocycles. The van der Waals surface area contributed by atoms with Crippen LogP contribution in [0.1, 0.15) is 25.5 Å². The lowest BCUT2D eigenvalue weighted by atomic mass is 10.1. The lowest BCUT2D eigenvalue weighted by Gasteiger charge is -2.25. The maximum atomic E-state index is 12.1. The Morgan fingerprint density at radius 3 is 2.26 bits per heavy atom. The van der Waals surface area contributed by atoms with Crippen LogP contribution in [0.15, 0.2) is 24.3 Å². The van der Waals surface area contributed by atoms with E-state index in [9.17, 15) is 13.5 Å². The summed E-state index contributed by atoms with van der Waals surface area (Å²) in [7, 11) is -2.15. The molecule has 0 spiro atoms. The van der Waals surface area contributed by atoms with Gasteiger partial charge in [0.05, 0.1) is 12.6 Å². The van der Waals surface area contributed by atoms with Crippen LogP contribution in [-0.2, 0) is 10.2 Å². The first kappa shape index (κ1) is 16.4. The van der Waals surface area contributed by atoms with Crippen LogP contribution >= 0.6 is 11.6 Å². The second-order valence-corrected chi connectivity index (χ2v) is 6.72. The summed E-state index contributed by atoms with van der Waals surface area (Å²) < 4.78 is 27.8. The Labute approximate surface area is 119 Å². The molecule has 0 aliphatic heterocycles. The molecule has 0 aliphatic rings. The molecule has 1 rings (SSSR count). The minimum absolute atomic E-state index is 0.165. The van der Waals surface area contributed by atoms with E-state index in [2.05, 4.69) is 4.72 Å². The number of benzene rings is 1. The number of nitrogens with one attached hydrogen (secondary N) is 1. The normalized spacial score (nSPS) is 14.1. The fourth-order valence-electron chi connectivity index (χ4n) is 1.45. The lowest BCUT2D eigenvalue weighted by molar-refractivity contribution is 0.255. The molecular weight excluding hydrogens is 288 g/mol. The van der Waals surface area contributed by atoms with Gasteiger partial charge in [0.25, 0.3) is 10.2 Å². The number of hydrogen-bond donors (Lipinski definition) is 2. The smallest absolute Gasteiger partial charge is 0.280 e. The minimum atomic E-state index is -3.64. The Bertz CT molecular complexity index is 502. The number of nitrogens with zero attached hydrogens (tertiary/aromatic N) is 1. The predicted molar refractivity (Wildman–Crippen MR) is 76.2 cm³/mol. The minimum Gasteiger partial charge on any atom is -0.394 e. The van der Waals surface area contributed by atoms with E-state index in [4.69, 9.17) is 11.6 Å². The fraction of sp³-hybridized carbons (Fsp3) is 0.500. The molecule has 5 nitrogen and oxygen atoms in total. The molecule has 0 saturated carbocycles. The molecule has 0 saturated heterocycles. The molecule has 7 heteroatoms.